The fraction of sp³-hybridized carbons (Fsp3) is 0.300. The second kappa shape index (κ2) is 3.92. The molecule has 15 heavy (non-hydrogen) atoms. The van der Waals surface area contributed by atoms with Crippen LogP contribution < -0.4 is 4.74 Å². The number of carbonyl (C=O) groups excluding carboxylic acids is 1. The quantitative estimate of drug-likeness (QED) is 0.713. The molecule has 0 unspecified atom stereocenters. The largest absolute Gasteiger partial charge is 0.496 e. The Hall–Kier alpha value is -1.52. The molecular formula is C10H9F3O2. The summed E-state index contributed by atoms with van der Waals surface area (Å²) in [6.45, 7) is 1.55. The van der Waals surface area contributed by atoms with Gasteiger partial charge in [-0.15, -0.1) is 0 Å². The third kappa shape index (κ3) is 2.29. The zero-order chi connectivity index (χ0) is 11.6. The standard InChI is InChI=1S/C10H9F3O2/c1-6-3-9(15-2)8(10(11,12)13)4-7(6)5-14/h3-5H,1-2H3. The fourth-order valence-corrected chi connectivity index (χ4v) is 1.22. The first-order chi connectivity index (χ1) is 6.90. The lowest BCUT2D eigenvalue weighted by Gasteiger charge is -2.13. The van der Waals surface area contributed by atoms with E-state index in [4.69, 9.17) is 0 Å². The monoisotopic (exact) mass is 218 g/mol. The minimum Gasteiger partial charge on any atom is -0.496 e. The molecule has 0 bridgehead atoms. The normalized spacial score (nSPS) is 11.3. The van der Waals surface area contributed by atoms with Crippen LogP contribution in [0.4, 0.5) is 13.2 Å². The minimum atomic E-state index is -4.52. The first kappa shape index (κ1) is 11.6. The van der Waals surface area contributed by atoms with E-state index in [1.807, 2.05) is 0 Å². The summed E-state index contributed by atoms with van der Waals surface area (Å²) in [6.07, 6.45) is -4.12. The van der Waals surface area contributed by atoms with Crippen LogP contribution in [0.25, 0.3) is 0 Å². The molecule has 0 radical (unpaired) electrons. The van der Waals surface area contributed by atoms with Crippen molar-refractivity contribution in [2.24, 2.45) is 0 Å². The van der Waals surface area contributed by atoms with Gasteiger partial charge in [-0.1, -0.05) is 0 Å². The Bertz CT molecular complexity index is 383. The van der Waals surface area contributed by atoms with Crippen LogP contribution in [-0.4, -0.2) is 13.4 Å². The van der Waals surface area contributed by atoms with Gasteiger partial charge in [0.15, 0.2) is 0 Å². The minimum absolute atomic E-state index is 0.0168. The number of rotatable bonds is 2. The highest BCUT2D eigenvalue weighted by atomic mass is 19.4. The molecule has 1 rings (SSSR count). The van der Waals surface area contributed by atoms with E-state index in [1.54, 1.807) is 6.92 Å². The zero-order valence-electron chi connectivity index (χ0n) is 8.18. The molecule has 2 nitrogen and oxygen atoms in total. The molecular weight excluding hydrogens is 209 g/mol. The highest BCUT2D eigenvalue weighted by Gasteiger charge is 2.34. The van der Waals surface area contributed by atoms with E-state index in [0.29, 0.717) is 11.8 Å². The lowest BCUT2D eigenvalue weighted by Crippen LogP contribution is -2.09. The number of aryl methyl sites for hydroxylation is 1. The first-order valence-corrected chi connectivity index (χ1v) is 4.11. The Kier molecular flexibility index (Phi) is 3.02. The van der Waals surface area contributed by atoms with E-state index >= 15 is 0 Å². The predicted molar refractivity (Wildman–Crippen MR) is 48.1 cm³/mol. The van der Waals surface area contributed by atoms with Crippen LogP contribution in [0, 0.1) is 6.92 Å². The summed E-state index contributed by atoms with van der Waals surface area (Å²) in [7, 11) is 1.16. The van der Waals surface area contributed by atoms with Crippen LogP contribution in [0.1, 0.15) is 21.5 Å². The van der Waals surface area contributed by atoms with Gasteiger partial charge in [0, 0.05) is 5.56 Å². The number of aldehydes is 1. The maximum absolute atomic E-state index is 12.5. The van der Waals surface area contributed by atoms with Gasteiger partial charge in [-0.2, -0.15) is 13.2 Å². The summed E-state index contributed by atoms with van der Waals surface area (Å²) in [5, 5.41) is 0. The summed E-state index contributed by atoms with van der Waals surface area (Å²) in [5.74, 6) is -0.273. The average Bonchev–Trinajstić information content (AvgIpc) is 2.15. The molecule has 1 aromatic rings. The molecule has 0 atom stereocenters. The van der Waals surface area contributed by atoms with Gasteiger partial charge < -0.3 is 4.74 Å². The number of methoxy groups -OCH3 is 1. The third-order valence-corrected chi connectivity index (χ3v) is 2.02. The molecule has 0 saturated carbocycles. The van der Waals surface area contributed by atoms with Gasteiger partial charge in [0.2, 0.25) is 0 Å². The summed E-state index contributed by atoms with van der Waals surface area (Å²) >= 11 is 0. The maximum atomic E-state index is 12.5. The summed E-state index contributed by atoms with van der Waals surface area (Å²) in [6, 6.07) is 1.99. The maximum Gasteiger partial charge on any atom is 0.419 e. The molecule has 0 spiro atoms. The van der Waals surface area contributed by atoms with Crippen molar-refractivity contribution >= 4 is 6.29 Å². The molecule has 1 aromatic carbocycles. The number of benzene rings is 1. The Morgan fingerprint density at radius 2 is 1.93 bits per heavy atom. The molecule has 0 fully saturated rings. The molecule has 0 aliphatic carbocycles. The topological polar surface area (TPSA) is 26.3 Å². The number of carbonyl (C=O) groups is 1. The third-order valence-electron chi connectivity index (χ3n) is 2.02. The second-order valence-electron chi connectivity index (χ2n) is 3.02. The average molecular weight is 218 g/mol. The van der Waals surface area contributed by atoms with Gasteiger partial charge >= 0.3 is 6.18 Å². The summed E-state index contributed by atoms with van der Waals surface area (Å²) in [4.78, 5) is 10.5. The first-order valence-electron chi connectivity index (χ1n) is 4.11. The lowest BCUT2D eigenvalue weighted by atomic mass is 10.0. The number of hydrogen-bond acceptors (Lipinski definition) is 2. The van der Waals surface area contributed by atoms with Crippen LogP contribution in [0.15, 0.2) is 12.1 Å². The number of ether oxygens (including phenoxy) is 1. The zero-order valence-corrected chi connectivity index (χ0v) is 8.18. The molecule has 5 heteroatoms. The van der Waals surface area contributed by atoms with Crippen LogP contribution in [0.2, 0.25) is 0 Å². The van der Waals surface area contributed by atoms with E-state index in [1.165, 1.54) is 6.07 Å². The molecule has 0 aromatic heterocycles. The molecule has 0 aliphatic rings. The van der Waals surface area contributed by atoms with E-state index in [-0.39, 0.29) is 11.3 Å². The van der Waals surface area contributed by atoms with Crippen molar-refractivity contribution in [3.05, 3.63) is 28.8 Å². The van der Waals surface area contributed by atoms with Crippen molar-refractivity contribution in [1.82, 2.24) is 0 Å². The number of alkyl halides is 3. The van der Waals surface area contributed by atoms with Crippen molar-refractivity contribution in [3.63, 3.8) is 0 Å². The van der Waals surface area contributed by atoms with Crippen molar-refractivity contribution in [1.29, 1.82) is 0 Å². The summed E-state index contributed by atoms with van der Waals surface area (Å²) < 4.78 is 42.1. The fourth-order valence-electron chi connectivity index (χ4n) is 1.22. The van der Waals surface area contributed by atoms with Gasteiger partial charge in [-0.25, -0.2) is 0 Å². The molecule has 0 amide bonds. The van der Waals surface area contributed by atoms with E-state index in [0.717, 1.165) is 13.2 Å². The Labute approximate surface area is 84.7 Å². The van der Waals surface area contributed by atoms with Gasteiger partial charge in [0.1, 0.15) is 12.0 Å². The Balaban J connectivity index is 3.42. The molecule has 0 N–H and O–H groups in total. The Morgan fingerprint density at radius 1 is 1.33 bits per heavy atom. The predicted octanol–water partition coefficient (Wildman–Crippen LogP) is 2.83. The second-order valence-corrected chi connectivity index (χ2v) is 3.02. The van der Waals surface area contributed by atoms with Crippen LogP contribution in [0.3, 0.4) is 0 Å². The highest BCUT2D eigenvalue weighted by molar-refractivity contribution is 5.78. The smallest absolute Gasteiger partial charge is 0.419 e. The van der Waals surface area contributed by atoms with Gasteiger partial charge in [0.25, 0.3) is 0 Å². The number of hydrogen-bond donors (Lipinski definition) is 0. The lowest BCUT2D eigenvalue weighted by molar-refractivity contribution is -0.138. The molecule has 0 heterocycles. The van der Waals surface area contributed by atoms with Gasteiger partial charge in [-0.3, -0.25) is 4.79 Å². The van der Waals surface area contributed by atoms with Crippen LogP contribution in [0.5, 0.6) is 5.75 Å². The van der Waals surface area contributed by atoms with Crippen LogP contribution in [-0.2, 0) is 6.18 Å². The molecule has 0 saturated heterocycles. The van der Waals surface area contributed by atoms with Gasteiger partial charge in [0.05, 0.1) is 12.7 Å². The highest BCUT2D eigenvalue weighted by Crippen LogP contribution is 2.37. The Morgan fingerprint density at radius 3 is 2.33 bits per heavy atom. The van der Waals surface area contributed by atoms with Crippen molar-refractivity contribution in [2.45, 2.75) is 13.1 Å². The number of halogens is 3. The van der Waals surface area contributed by atoms with Crippen molar-refractivity contribution in [3.8, 4) is 5.75 Å². The van der Waals surface area contributed by atoms with Crippen molar-refractivity contribution < 1.29 is 22.7 Å². The molecule has 0 aliphatic heterocycles. The van der Waals surface area contributed by atoms with Crippen molar-refractivity contribution in [2.75, 3.05) is 7.11 Å². The van der Waals surface area contributed by atoms with E-state index < -0.39 is 11.7 Å². The summed E-state index contributed by atoms with van der Waals surface area (Å²) in [5.41, 5.74) is -0.462. The van der Waals surface area contributed by atoms with Crippen LogP contribution >= 0.6 is 0 Å². The van der Waals surface area contributed by atoms with E-state index in [9.17, 15) is 18.0 Å². The SMILES string of the molecule is COc1cc(C)c(C=O)cc1C(F)(F)F. The van der Waals surface area contributed by atoms with E-state index in [2.05, 4.69) is 4.74 Å². The molecule has 82 valence electrons. The van der Waals surface area contributed by atoms with Gasteiger partial charge in [-0.05, 0) is 24.6 Å².